The number of likely N-dealkylation sites (tertiary alicyclic amines) is 1. The summed E-state index contributed by atoms with van der Waals surface area (Å²) in [5.74, 6) is -0.159. The number of ether oxygens (including phenoxy) is 1. The van der Waals surface area contributed by atoms with E-state index in [1.165, 1.54) is 4.90 Å². The fourth-order valence-corrected chi connectivity index (χ4v) is 4.88. The Morgan fingerprint density at radius 1 is 1.20 bits per heavy atom. The molecule has 2 saturated heterocycles. The Labute approximate surface area is 146 Å². The van der Waals surface area contributed by atoms with Gasteiger partial charge in [-0.25, -0.2) is 0 Å². The number of allylic oxidation sites excluding steroid dienone is 2. The second-order valence-corrected chi connectivity index (χ2v) is 7.59. The molecule has 3 N–H and O–H groups in total. The van der Waals surface area contributed by atoms with E-state index in [1.807, 2.05) is 0 Å². The quantitative estimate of drug-likeness (QED) is 0.523. The molecule has 2 aliphatic heterocycles. The van der Waals surface area contributed by atoms with Crippen molar-refractivity contribution in [2.45, 2.75) is 25.3 Å². The number of nitrogens with one attached hydrogen (secondary N) is 1. The molecule has 3 amide bonds. The second-order valence-electron chi connectivity index (χ2n) is 7.59. The van der Waals surface area contributed by atoms with Crippen LogP contribution in [-0.4, -0.2) is 55.0 Å². The van der Waals surface area contributed by atoms with E-state index in [0.29, 0.717) is 13.2 Å². The topological polar surface area (TPSA) is 102 Å². The number of amides is 3. The maximum absolute atomic E-state index is 12.6. The predicted octanol–water partition coefficient (Wildman–Crippen LogP) is -0.336. The predicted molar refractivity (Wildman–Crippen MR) is 89.0 cm³/mol. The van der Waals surface area contributed by atoms with Crippen LogP contribution in [0.5, 0.6) is 0 Å². The highest BCUT2D eigenvalue weighted by atomic mass is 16.5. The molecule has 25 heavy (non-hydrogen) atoms. The van der Waals surface area contributed by atoms with Crippen molar-refractivity contribution in [2.24, 2.45) is 35.3 Å². The van der Waals surface area contributed by atoms with Crippen LogP contribution in [0.2, 0.25) is 0 Å². The summed E-state index contributed by atoms with van der Waals surface area (Å²) < 4.78 is 5.29. The highest BCUT2D eigenvalue weighted by Crippen LogP contribution is 2.52. The zero-order valence-corrected chi connectivity index (χ0v) is 14.2. The van der Waals surface area contributed by atoms with Crippen LogP contribution in [0.1, 0.15) is 19.3 Å². The molecule has 0 aromatic heterocycles. The molecular weight excluding hydrogens is 322 g/mol. The number of imide groups is 1. The third-order valence-corrected chi connectivity index (χ3v) is 6.27. The standard InChI is InChI=1S/C18H25N3O4/c19-15(10-3-7-25-8-4-10)16(22)20-5-6-21-17(23)13-11-1-2-12(9-11)14(13)18(21)24/h1-2,10-15H,3-9,19H2,(H,20,22). The molecule has 0 aromatic carbocycles. The van der Waals surface area contributed by atoms with Gasteiger partial charge in [0.1, 0.15) is 0 Å². The number of nitrogens with zero attached hydrogens (tertiary/aromatic N) is 1. The van der Waals surface area contributed by atoms with Gasteiger partial charge in [-0.15, -0.1) is 0 Å². The van der Waals surface area contributed by atoms with Crippen molar-refractivity contribution in [1.29, 1.82) is 0 Å². The molecule has 7 nitrogen and oxygen atoms in total. The average Bonchev–Trinajstić information content (AvgIpc) is 3.31. The monoisotopic (exact) mass is 347 g/mol. The number of fused-ring (bicyclic) bond motifs is 5. The van der Waals surface area contributed by atoms with E-state index in [2.05, 4.69) is 17.5 Å². The molecular formula is C18H25N3O4. The zero-order chi connectivity index (χ0) is 17.6. The van der Waals surface area contributed by atoms with Crippen LogP contribution >= 0.6 is 0 Å². The minimum atomic E-state index is -0.562. The Balaban J connectivity index is 1.28. The fourth-order valence-electron chi connectivity index (χ4n) is 4.88. The molecule has 2 heterocycles. The molecule has 5 atom stereocenters. The zero-order valence-electron chi connectivity index (χ0n) is 14.2. The summed E-state index contributed by atoms with van der Waals surface area (Å²) in [5.41, 5.74) is 6.04. The van der Waals surface area contributed by atoms with E-state index >= 15 is 0 Å². The Morgan fingerprint density at radius 3 is 2.40 bits per heavy atom. The van der Waals surface area contributed by atoms with Gasteiger partial charge in [-0.1, -0.05) is 12.2 Å². The molecule has 7 heteroatoms. The Kier molecular flexibility index (Phi) is 4.37. The first-order valence-corrected chi connectivity index (χ1v) is 9.22. The molecule has 1 saturated carbocycles. The van der Waals surface area contributed by atoms with E-state index in [0.717, 1.165) is 19.3 Å². The summed E-state index contributed by atoms with van der Waals surface area (Å²) in [6.45, 7) is 1.77. The first-order chi connectivity index (χ1) is 12.1. The lowest BCUT2D eigenvalue weighted by molar-refractivity contribution is -0.141. The molecule has 2 aliphatic carbocycles. The molecule has 5 unspecified atom stereocenters. The van der Waals surface area contributed by atoms with Gasteiger partial charge in [0.2, 0.25) is 17.7 Å². The number of carbonyl (C=O) groups excluding carboxylic acids is 3. The van der Waals surface area contributed by atoms with Crippen molar-refractivity contribution in [3.63, 3.8) is 0 Å². The second kappa shape index (κ2) is 6.53. The normalized spacial score (nSPS) is 35.3. The maximum Gasteiger partial charge on any atom is 0.237 e. The Hall–Kier alpha value is -1.73. The van der Waals surface area contributed by atoms with Crippen molar-refractivity contribution in [3.05, 3.63) is 12.2 Å². The van der Waals surface area contributed by atoms with Gasteiger partial charge >= 0.3 is 0 Å². The van der Waals surface area contributed by atoms with Crippen LogP contribution in [0.4, 0.5) is 0 Å². The molecule has 136 valence electrons. The summed E-state index contributed by atoms with van der Waals surface area (Å²) in [6, 6.07) is -0.562. The van der Waals surface area contributed by atoms with Crippen molar-refractivity contribution >= 4 is 17.7 Å². The first kappa shape index (κ1) is 16.7. The van der Waals surface area contributed by atoms with E-state index in [1.54, 1.807) is 0 Å². The van der Waals surface area contributed by atoms with Gasteiger partial charge < -0.3 is 15.8 Å². The van der Waals surface area contributed by atoms with E-state index in [9.17, 15) is 14.4 Å². The molecule has 4 aliphatic rings. The minimum absolute atomic E-state index is 0.0742. The van der Waals surface area contributed by atoms with E-state index in [4.69, 9.17) is 10.5 Å². The van der Waals surface area contributed by atoms with Gasteiger partial charge in [0, 0.05) is 26.3 Å². The first-order valence-electron chi connectivity index (χ1n) is 9.22. The lowest BCUT2D eigenvalue weighted by Gasteiger charge is -2.27. The minimum Gasteiger partial charge on any atom is -0.381 e. The molecule has 2 bridgehead atoms. The van der Waals surface area contributed by atoms with Crippen molar-refractivity contribution in [2.75, 3.05) is 26.3 Å². The lowest BCUT2D eigenvalue weighted by Crippen LogP contribution is -2.49. The summed E-state index contributed by atoms with van der Waals surface area (Å²) in [5, 5.41) is 2.78. The van der Waals surface area contributed by atoms with Gasteiger partial charge in [-0.3, -0.25) is 19.3 Å². The number of carbonyl (C=O) groups is 3. The number of hydrogen-bond acceptors (Lipinski definition) is 5. The van der Waals surface area contributed by atoms with Crippen molar-refractivity contribution < 1.29 is 19.1 Å². The number of nitrogens with two attached hydrogens (primary N) is 1. The van der Waals surface area contributed by atoms with E-state index in [-0.39, 0.29) is 60.4 Å². The third kappa shape index (κ3) is 2.79. The summed E-state index contributed by atoms with van der Waals surface area (Å²) in [4.78, 5) is 38.7. The van der Waals surface area contributed by atoms with Gasteiger partial charge in [0.05, 0.1) is 17.9 Å². The largest absolute Gasteiger partial charge is 0.381 e. The molecule has 0 radical (unpaired) electrons. The highest BCUT2D eigenvalue weighted by Gasteiger charge is 2.58. The van der Waals surface area contributed by atoms with Crippen LogP contribution in [0, 0.1) is 29.6 Å². The number of hydrogen-bond donors (Lipinski definition) is 2. The van der Waals surface area contributed by atoms with Gasteiger partial charge in [0.25, 0.3) is 0 Å². The van der Waals surface area contributed by atoms with E-state index < -0.39 is 6.04 Å². The molecule has 0 aromatic rings. The van der Waals surface area contributed by atoms with Gasteiger partial charge in [0.15, 0.2) is 0 Å². The smallest absolute Gasteiger partial charge is 0.237 e. The summed E-state index contributed by atoms with van der Waals surface area (Å²) in [7, 11) is 0. The fraction of sp³-hybridized carbons (Fsp3) is 0.722. The van der Waals surface area contributed by atoms with Crippen LogP contribution in [0.3, 0.4) is 0 Å². The van der Waals surface area contributed by atoms with Crippen LogP contribution < -0.4 is 11.1 Å². The van der Waals surface area contributed by atoms with Crippen molar-refractivity contribution in [3.8, 4) is 0 Å². The SMILES string of the molecule is NC(C(=O)NCCN1C(=O)C2C3C=CC(C3)C2C1=O)C1CCOCC1. The maximum atomic E-state index is 12.6. The summed E-state index contributed by atoms with van der Waals surface area (Å²) >= 11 is 0. The lowest BCUT2D eigenvalue weighted by atomic mass is 9.85. The van der Waals surface area contributed by atoms with Crippen LogP contribution in [0.25, 0.3) is 0 Å². The molecule has 0 spiro atoms. The third-order valence-electron chi connectivity index (χ3n) is 6.27. The number of rotatable bonds is 5. The van der Waals surface area contributed by atoms with Crippen molar-refractivity contribution in [1.82, 2.24) is 10.2 Å². The summed E-state index contributed by atoms with van der Waals surface area (Å²) in [6.07, 6.45) is 6.66. The Morgan fingerprint density at radius 2 is 1.80 bits per heavy atom. The van der Waals surface area contributed by atoms with Crippen LogP contribution in [-0.2, 0) is 19.1 Å². The molecule has 3 fully saturated rings. The molecule has 4 rings (SSSR count). The van der Waals surface area contributed by atoms with Gasteiger partial charge in [-0.2, -0.15) is 0 Å². The average molecular weight is 347 g/mol. The Bertz CT molecular complexity index is 583. The highest BCUT2D eigenvalue weighted by molar-refractivity contribution is 6.06. The van der Waals surface area contributed by atoms with Crippen LogP contribution in [0.15, 0.2) is 12.2 Å². The van der Waals surface area contributed by atoms with Gasteiger partial charge in [-0.05, 0) is 37.0 Å².